The van der Waals surface area contributed by atoms with Crippen molar-refractivity contribution in [3.63, 3.8) is 0 Å². The lowest BCUT2D eigenvalue weighted by molar-refractivity contribution is 0.0730. The summed E-state index contributed by atoms with van der Waals surface area (Å²) in [5.74, 6) is -0.294. The van der Waals surface area contributed by atoms with Gasteiger partial charge in [-0.3, -0.25) is 4.79 Å². The second kappa shape index (κ2) is 8.65. The van der Waals surface area contributed by atoms with E-state index in [9.17, 15) is 13.2 Å². The van der Waals surface area contributed by atoms with Crippen molar-refractivity contribution in [2.75, 3.05) is 26.3 Å². The molecule has 1 aliphatic heterocycles. The number of carbonyl (C=O) groups is 1. The first-order valence-corrected chi connectivity index (χ1v) is 10.9. The van der Waals surface area contributed by atoms with Crippen LogP contribution in [0.5, 0.6) is 0 Å². The number of hydrogen-bond acceptors (Lipinski definition) is 4. The molecular weight excluding hydrogens is 402 g/mol. The predicted octanol–water partition coefficient (Wildman–Crippen LogP) is 2.82. The number of morpholine rings is 1. The molecule has 1 atom stereocenters. The van der Waals surface area contributed by atoms with Crippen LogP contribution in [0.1, 0.15) is 35.9 Å². The number of aromatic amines is 1. The summed E-state index contributed by atoms with van der Waals surface area (Å²) in [4.78, 5) is 15.6. The van der Waals surface area contributed by atoms with Crippen LogP contribution in [0.25, 0.3) is 0 Å². The highest BCUT2D eigenvalue weighted by molar-refractivity contribution is 7.89. The van der Waals surface area contributed by atoms with Crippen LogP contribution in [0.3, 0.4) is 0 Å². The van der Waals surface area contributed by atoms with Gasteiger partial charge in [-0.05, 0) is 23.6 Å². The zero-order valence-electron chi connectivity index (χ0n) is 15.8. The Morgan fingerprint density at radius 2 is 1.93 bits per heavy atom. The van der Waals surface area contributed by atoms with Gasteiger partial charge in [0.25, 0.3) is 5.91 Å². The van der Waals surface area contributed by atoms with Crippen molar-refractivity contribution in [2.24, 2.45) is 5.92 Å². The summed E-state index contributed by atoms with van der Waals surface area (Å²) in [6, 6.07) is 8.41. The fraction of sp³-hybridized carbons (Fsp3) is 0.421. The Balaban J connectivity index is 1.79. The molecule has 0 radical (unpaired) electrons. The smallest absolute Gasteiger partial charge is 0.268 e. The van der Waals surface area contributed by atoms with E-state index in [4.69, 9.17) is 16.3 Å². The quantitative estimate of drug-likeness (QED) is 0.744. The van der Waals surface area contributed by atoms with Gasteiger partial charge in [0.15, 0.2) is 0 Å². The standard InChI is InChI=1S/C19H24ClN3O4S/c1-13(2)18(15-5-3-4-6-16(15)20)22-19(24)17-11-14(12-21-17)28(25,26)23-7-9-27-10-8-23/h3-6,11-13,18,21H,7-10H2,1-2H3,(H,22,24). The van der Waals surface area contributed by atoms with E-state index in [2.05, 4.69) is 10.3 Å². The molecular formula is C19H24ClN3O4S. The maximum absolute atomic E-state index is 12.7. The molecule has 2 aromatic rings. The molecule has 0 aliphatic carbocycles. The molecule has 28 heavy (non-hydrogen) atoms. The summed E-state index contributed by atoms with van der Waals surface area (Å²) in [5, 5.41) is 3.52. The Morgan fingerprint density at radius 1 is 1.25 bits per heavy atom. The number of nitrogens with zero attached hydrogens (tertiary/aromatic N) is 1. The van der Waals surface area contributed by atoms with Crippen LogP contribution in [-0.4, -0.2) is 49.9 Å². The van der Waals surface area contributed by atoms with Gasteiger partial charge in [-0.1, -0.05) is 43.6 Å². The van der Waals surface area contributed by atoms with Crippen LogP contribution < -0.4 is 5.32 Å². The maximum atomic E-state index is 12.7. The van der Waals surface area contributed by atoms with Gasteiger partial charge in [-0.25, -0.2) is 8.42 Å². The zero-order valence-corrected chi connectivity index (χ0v) is 17.4. The number of ether oxygens (including phenoxy) is 1. The first-order chi connectivity index (χ1) is 13.3. The van der Waals surface area contributed by atoms with Crippen molar-refractivity contribution in [1.29, 1.82) is 0 Å². The van der Waals surface area contributed by atoms with Gasteiger partial charge in [-0.15, -0.1) is 0 Å². The third-order valence-electron chi connectivity index (χ3n) is 4.70. The highest BCUT2D eigenvalue weighted by atomic mass is 35.5. The molecule has 1 aliphatic rings. The summed E-state index contributed by atoms with van der Waals surface area (Å²) < 4.78 is 32.0. The van der Waals surface area contributed by atoms with Gasteiger partial charge in [0.05, 0.1) is 19.3 Å². The third kappa shape index (κ3) is 4.41. The second-order valence-corrected chi connectivity index (χ2v) is 9.33. The molecule has 1 unspecified atom stereocenters. The molecule has 1 saturated heterocycles. The van der Waals surface area contributed by atoms with Gasteiger partial charge < -0.3 is 15.0 Å². The van der Waals surface area contributed by atoms with E-state index in [0.29, 0.717) is 31.3 Å². The number of rotatable bonds is 6. The van der Waals surface area contributed by atoms with E-state index >= 15 is 0 Å². The minimum Gasteiger partial charge on any atom is -0.379 e. The normalized spacial score (nSPS) is 16.9. The van der Waals surface area contributed by atoms with E-state index in [1.807, 2.05) is 32.0 Å². The van der Waals surface area contributed by atoms with Gasteiger partial charge in [0.1, 0.15) is 10.6 Å². The molecule has 1 aromatic heterocycles. The fourth-order valence-electron chi connectivity index (χ4n) is 3.14. The fourth-order valence-corrected chi connectivity index (χ4v) is 4.80. The number of hydrogen-bond donors (Lipinski definition) is 2. The van der Waals surface area contributed by atoms with E-state index < -0.39 is 10.0 Å². The van der Waals surface area contributed by atoms with Crippen LogP contribution in [0.15, 0.2) is 41.4 Å². The van der Waals surface area contributed by atoms with Crippen molar-refractivity contribution in [1.82, 2.24) is 14.6 Å². The summed E-state index contributed by atoms with van der Waals surface area (Å²) in [6.07, 6.45) is 1.35. The van der Waals surface area contributed by atoms with Crippen molar-refractivity contribution in [3.8, 4) is 0 Å². The zero-order chi connectivity index (χ0) is 20.3. The molecule has 0 spiro atoms. The molecule has 7 nitrogen and oxygen atoms in total. The monoisotopic (exact) mass is 425 g/mol. The number of H-pyrrole nitrogens is 1. The van der Waals surface area contributed by atoms with Crippen molar-refractivity contribution >= 4 is 27.5 Å². The summed E-state index contributed by atoms with van der Waals surface area (Å²) in [7, 11) is -3.66. The molecule has 0 bridgehead atoms. The average molecular weight is 426 g/mol. The lowest BCUT2D eigenvalue weighted by Crippen LogP contribution is -2.40. The van der Waals surface area contributed by atoms with Gasteiger partial charge >= 0.3 is 0 Å². The Morgan fingerprint density at radius 3 is 2.57 bits per heavy atom. The summed E-state index contributed by atoms with van der Waals surface area (Å²) in [5.41, 5.74) is 1.00. The van der Waals surface area contributed by atoms with Crippen molar-refractivity contribution in [2.45, 2.75) is 24.8 Å². The van der Waals surface area contributed by atoms with Gasteiger partial charge in [-0.2, -0.15) is 4.31 Å². The SMILES string of the molecule is CC(C)C(NC(=O)c1cc(S(=O)(=O)N2CCOCC2)c[nH]1)c1ccccc1Cl. The largest absolute Gasteiger partial charge is 0.379 e. The first kappa shape index (κ1) is 20.9. The number of halogens is 1. The number of sulfonamides is 1. The molecule has 1 aromatic carbocycles. The molecule has 1 fully saturated rings. The topological polar surface area (TPSA) is 91.5 Å². The maximum Gasteiger partial charge on any atom is 0.268 e. The van der Waals surface area contributed by atoms with Gasteiger partial charge in [0.2, 0.25) is 10.0 Å². The number of amides is 1. The molecule has 0 saturated carbocycles. The van der Waals surface area contributed by atoms with Crippen molar-refractivity contribution in [3.05, 3.63) is 52.8 Å². The Labute approximate surface area is 170 Å². The van der Waals surface area contributed by atoms with Crippen LogP contribution >= 0.6 is 11.6 Å². The second-order valence-electron chi connectivity index (χ2n) is 6.98. The van der Waals surface area contributed by atoms with E-state index in [1.54, 1.807) is 6.07 Å². The predicted molar refractivity (Wildman–Crippen MR) is 107 cm³/mol. The minimum atomic E-state index is -3.66. The van der Waals surface area contributed by atoms with Crippen LogP contribution in [0, 0.1) is 5.92 Å². The number of benzene rings is 1. The highest BCUT2D eigenvalue weighted by Gasteiger charge is 2.28. The molecule has 3 rings (SSSR count). The highest BCUT2D eigenvalue weighted by Crippen LogP contribution is 2.28. The molecule has 1 amide bonds. The Bertz CT molecular complexity index is 936. The average Bonchev–Trinajstić information content (AvgIpc) is 3.18. The Kier molecular flexibility index (Phi) is 6.44. The van der Waals surface area contributed by atoms with E-state index in [1.165, 1.54) is 16.6 Å². The summed E-state index contributed by atoms with van der Waals surface area (Å²) in [6.45, 7) is 5.30. The third-order valence-corrected chi connectivity index (χ3v) is 6.92. The molecule has 2 N–H and O–H groups in total. The Hall–Kier alpha value is -1.87. The number of carbonyl (C=O) groups excluding carboxylic acids is 1. The lowest BCUT2D eigenvalue weighted by Gasteiger charge is -2.25. The number of nitrogens with one attached hydrogen (secondary N) is 2. The summed E-state index contributed by atoms with van der Waals surface area (Å²) >= 11 is 6.29. The van der Waals surface area contributed by atoms with Crippen molar-refractivity contribution < 1.29 is 17.9 Å². The number of aromatic nitrogens is 1. The van der Waals surface area contributed by atoms with E-state index in [-0.39, 0.29) is 28.5 Å². The van der Waals surface area contributed by atoms with Crippen LogP contribution in [-0.2, 0) is 14.8 Å². The molecule has 152 valence electrons. The molecule has 2 heterocycles. The van der Waals surface area contributed by atoms with E-state index in [0.717, 1.165) is 5.56 Å². The van der Waals surface area contributed by atoms with Crippen LogP contribution in [0.2, 0.25) is 5.02 Å². The lowest BCUT2D eigenvalue weighted by atomic mass is 9.96. The van der Waals surface area contributed by atoms with Gasteiger partial charge in [0, 0.05) is 24.3 Å². The minimum absolute atomic E-state index is 0.0680. The first-order valence-electron chi connectivity index (χ1n) is 9.12. The molecule has 9 heteroatoms. The van der Waals surface area contributed by atoms with Crippen LogP contribution in [0.4, 0.5) is 0 Å².